The van der Waals surface area contributed by atoms with Crippen LogP contribution in [-0.4, -0.2) is 25.4 Å². The number of nitrogens with zero attached hydrogens (tertiary/aromatic N) is 4. The van der Waals surface area contributed by atoms with Gasteiger partial charge in [-0.05, 0) is 49.7 Å². The summed E-state index contributed by atoms with van der Waals surface area (Å²) < 4.78 is 1.82. The lowest BCUT2D eigenvalue weighted by Crippen LogP contribution is -2.29. The SMILES string of the molecule is CCn1cc(C(=O)NCc2ccc(-c3cccnc3)nc2)c(=O)c2ccc(C)nc21. The number of fused-ring (bicyclic) bond motifs is 1. The molecule has 1 amide bonds. The summed E-state index contributed by atoms with van der Waals surface area (Å²) in [6, 6.07) is 11.1. The molecular formula is C23H21N5O2. The molecule has 0 radical (unpaired) electrons. The van der Waals surface area contributed by atoms with Gasteiger partial charge in [0.05, 0.1) is 11.1 Å². The van der Waals surface area contributed by atoms with Crippen LogP contribution in [0.4, 0.5) is 0 Å². The Morgan fingerprint density at radius 2 is 2.00 bits per heavy atom. The second-order valence-electron chi connectivity index (χ2n) is 6.96. The lowest BCUT2D eigenvalue weighted by Gasteiger charge is -2.11. The van der Waals surface area contributed by atoms with Crippen molar-refractivity contribution in [3.63, 3.8) is 0 Å². The van der Waals surface area contributed by atoms with E-state index in [1.54, 1.807) is 36.9 Å². The molecule has 0 atom stereocenters. The lowest BCUT2D eigenvalue weighted by atomic mass is 10.1. The van der Waals surface area contributed by atoms with Gasteiger partial charge in [0.25, 0.3) is 5.91 Å². The standard InChI is InChI=1S/C23H21N5O2/c1-3-28-14-19(21(29)18-8-6-15(2)27-22(18)28)23(30)26-12-16-7-9-20(25-11-16)17-5-4-10-24-13-17/h4-11,13-14H,3,12H2,1-2H3,(H,26,30). The van der Waals surface area contributed by atoms with E-state index in [9.17, 15) is 9.59 Å². The number of hydrogen-bond acceptors (Lipinski definition) is 5. The van der Waals surface area contributed by atoms with Gasteiger partial charge in [0.2, 0.25) is 5.43 Å². The fraction of sp³-hybridized carbons (Fsp3) is 0.174. The summed E-state index contributed by atoms with van der Waals surface area (Å²) >= 11 is 0. The first kappa shape index (κ1) is 19.4. The Kier molecular flexibility index (Phi) is 5.34. The van der Waals surface area contributed by atoms with Crippen molar-refractivity contribution in [2.45, 2.75) is 26.9 Å². The molecule has 0 unspecified atom stereocenters. The van der Waals surface area contributed by atoms with Crippen LogP contribution in [0.1, 0.15) is 28.5 Å². The molecule has 0 bridgehead atoms. The number of rotatable bonds is 5. The van der Waals surface area contributed by atoms with Gasteiger partial charge >= 0.3 is 0 Å². The van der Waals surface area contributed by atoms with E-state index in [1.165, 1.54) is 0 Å². The molecular weight excluding hydrogens is 378 g/mol. The first-order valence-corrected chi connectivity index (χ1v) is 9.71. The van der Waals surface area contributed by atoms with Crippen molar-refractivity contribution in [2.75, 3.05) is 0 Å². The molecule has 0 saturated carbocycles. The first-order valence-electron chi connectivity index (χ1n) is 9.71. The summed E-state index contributed by atoms with van der Waals surface area (Å²) in [5.74, 6) is -0.416. The number of carbonyl (C=O) groups excluding carboxylic acids is 1. The highest BCUT2D eigenvalue weighted by Gasteiger charge is 2.16. The van der Waals surface area contributed by atoms with Crippen LogP contribution in [0.25, 0.3) is 22.3 Å². The van der Waals surface area contributed by atoms with Crippen LogP contribution in [0.2, 0.25) is 0 Å². The minimum Gasteiger partial charge on any atom is -0.348 e. The fourth-order valence-corrected chi connectivity index (χ4v) is 3.25. The zero-order valence-corrected chi connectivity index (χ0v) is 16.8. The molecule has 7 heteroatoms. The van der Waals surface area contributed by atoms with Crippen molar-refractivity contribution in [3.8, 4) is 11.3 Å². The van der Waals surface area contributed by atoms with Crippen LogP contribution in [-0.2, 0) is 13.1 Å². The second-order valence-corrected chi connectivity index (χ2v) is 6.96. The molecule has 4 aromatic rings. The van der Waals surface area contributed by atoms with Crippen molar-refractivity contribution in [1.82, 2.24) is 24.8 Å². The molecule has 0 saturated heterocycles. The highest BCUT2D eigenvalue weighted by Crippen LogP contribution is 2.15. The van der Waals surface area contributed by atoms with E-state index in [-0.39, 0.29) is 17.5 Å². The maximum Gasteiger partial charge on any atom is 0.257 e. The van der Waals surface area contributed by atoms with Gasteiger partial charge in [-0.25, -0.2) is 4.98 Å². The zero-order chi connectivity index (χ0) is 21.1. The molecule has 150 valence electrons. The van der Waals surface area contributed by atoms with Gasteiger partial charge in [-0.2, -0.15) is 0 Å². The molecule has 0 aliphatic rings. The van der Waals surface area contributed by atoms with Crippen molar-refractivity contribution in [1.29, 1.82) is 0 Å². The summed E-state index contributed by atoms with van der Waals surface area (Å²) in [6.45, 7) is 4.70. The highest BCUT2D eigenvalue weighted by atomic mass is 16.2. The van der Waals surface area contributed by atoms with Crippen LogP contribution < -0.4 is 10.7 Å². The average molecular weight is 399 g/mol. The van der Waals surface area contributed by atoms with Crippen LogP contribution in [0.5, 0.6) is 0 Å². The first-order chi connectivity index (χ1) is 14.6. The Balaban J connectivity index is 1.54. The van der Waals surface area contributed by atoms with Crippen LogP contribution in [0.15, 0.2) is 66.0 Å². The second kappa shape index (κ2) is 8.24. The molecule has 4 rings (SSSR count). The number of aryl methyl sites for hydroxylation is 2. The van der Waals surface area contributed by atoms with Gasteiger partial charge < -0.3 is 9.88 Å². The van der Waals surface area contributed by atoms with E-state index in [0.29, 0.717) is 17.6 Å². The van der Waals surface area contributed by atoms with Gasteiger partial charge in [-0.15, -0.1) is 0 Å². The molecule has 0 aliphatic heterocycles. The minimum absolute atomic E-state index is 0.106. The van der Waals surface area contributed by atoms with E-state index in [1.807, 2.05) is 42.7 Å². The number of hydrogen-bond donors (Lipinski definition) is 1. The fourth-order valence-electron chi connectivity index (χ4n) is 3.25. The summed E-state index contributed by atoms with van der Waals surface area (Å²) in [5, 5.41) is 3.26. The number of aromatic nitrogens is 4. The Morgan fingerprint density at radius 1 is 1.13 bits per heavy atom. The smallest absolute Gasteiger partial charge is 0.257 e. The Labute approximate surface area is 173 Å². The molecule has 0 aliphatic carbocycles. The van der Waals surface area contributed by atoms with Crippen molar-refractivity contribution in [3.05, 3.63) is 88.2 Å². The highest BCUT2D eigenvalue weighted by molar-refractivity contribution is 5.96. The predicted molar refractivity (Wildman–Crippen MR) is 115 cm³/mol. The zero-order valence-electron chi connectivity index (χ0n) is 16.8. The number of nitrogens with one attached hydrogen (secondary N) is 1. The van der Waals surface area contributed by atoms with Crippen LogP contribution in [0.3, 0.4) is 0 Å². The Hall–Kier alpha value is -3.87. The quantitative estimate of drug-likeness (QED) is 0.557. The number of pyridine rings is 4. The molecule has 4 heterocycles. The Bertz CT molecular complexity index is 1260. The van der Waals surface area contributed by atoms with Gasteiger partial charge in [-0.1, -0.05) is 6.07 Å². The molecule has 0 fully saturated rings. The van der Waals surface area contributed by atoms with Gasteiger partial charge in [-0.3, -0.25) is 19.6 Å². The molecule has 30 heavy (non-hydrogen) atoms. The van der Waals surface area contributed by atoms with E-state index in [4.69, 9.17) is 0 Å². The van der Waals surface area contributed by atoms with Crippen LogP contribution in [0, 0.1) is 6.92 Å². The Morgan fingerprint density at radius 3 is 2.70 bits per heavy atom. The lowest BCUT2D eigenvalue weighted by molar-refractivity contribution is 0.0949. The van der Waals surface area contributed by atoms with Gasteiger partial charge in [0.1, 0.15) is 11.2 Å². The molecule has 0 aromatic carbocycles. The van der Waals surface area contributed by atoms with Gasteiger partial charge in [0, 0.05) is 49.1 Å². The van der Waals surface area contributed by atoms with Crippen LogP contribution >= 0.6 is 0 Å². The molecule has 1 N–H and O–H groups in total. The summed E-state index contributed by atoms with van der Waals surface area (Å²) in [5.41, 5.74) is 3.77. The molecule has 7 nitrogen and oxygen atoms in total. The number of carbonyl (C=O) groups is 1. The maximum absolute atomic E-state index is 12.8. The monoisotopic (exact) mass is 399 g/mol. The maximum atomic E-state index is 12.8. The summed E-state index contributed by atoms with van der Waals surface area (Å²) in [7, 11) is 0. The topological polar surface area (TPSA) is 89.8 Å². The van der Waals surface area contributed by atoms with Gasteiger partial charge in [0.15, 0.2) is 0 Å². The van der Waals surface area contributed by atoms with Crippen molar-refractivity contribution >= 4 is 16.9 Å². The van der Waals surface area contributed by atoms with E-state index in [0.717, 1.165) is 22.5 Å². The van der Waals surface area contributed by atoms with E-state index < -0.39 is 5.91 Å². The predicted octanol–water partition coefficient (Wildman–Crippen LogP) is 3.11. The molecule has 4 aromatic heterocycles. The largest absolute Gasteiger partial charge is 0.348 e. The summed E-state index contributed by atoms with van der Waals surface area (Å²) in [4.78, 5) is 38.5. The summed E-state index contributed by atoms with van der Waals surface area (Å²) in [6.07, 6.45) is 6.75. The molecule has 0 spiro atoms. The number of amides is 1. The van der Waals surface area contributed by atoms with E-state index in [2.05, 4.69) is 20.3 Å². The minimum atomic E-state index is -0.416. The third-order valence-corrected chi connectivity index (χ3v) is 4.88. The van der Waals surface area contributed by atoms with E-state index >= 15 is 0 Å². The van der Waals surface area contributed by atoms with Crippen molar-refractivity contribution < 1.29 is 4.79 Å². The third-order valence-electron chi connectivity index (χ3n) is 4.88. The van der Waals surface area contributed by atoms with Crippen molar-refractivity contribution in [2.24, 2.45) is 0 Å². The normalized spacial score (nSPS) is 10.9. The third kappa shape index (κ3) is 3.82. The average Bonchev–Trinajstić information content (AvgIpc) is 2.78.